The van der Waals surface area contributed by atoms with E-state index in [9.17, 15) is 0 Å². The van der Waals surface area contributed by atoms with Crippen LogP contribution in [0.25, 0.3) is 0 Å². The maximum Gasteiger partial charge on any atom is 0.0210 e. The van der Waals surface area contributed by atoms with E-state index < -0.39 is 0 Å². The third kappa shape index (κ3) is 2.78. The van der Waals surface area contributed by atoms with Crippen molar-refractivity contribution in [2.45, 2.75) is 25.7 Å². The van der Waals surface area contributed by atoms with Crippen molar-refractivity contribution in [1.29, 1.82) is 0 Å². The minimum absolute atomic E-state index is 0.507. The molecule has 0 spiro atoms. The maximum atomic E-state index is 3.64. The van der Waals surface area contributed by atoms with Gasteiger partial charge in [-0.2, -0.15) is 0 Å². The lowest BCUT2D eigenvalue weighted by Gasteiger charge is -2.21. The summed E-state index contributed by atoms with van der Waals surface area (Å²) in [7, 11) is 0. The molecule has 0 bridgehead atoms. The van der Waals surface area contributed by atoms with E-state index in [0.717, 1.165) is 0 Å². The van der Waals surface area contributed by atoms with E-state index in [1.54, 1.807) is 0 Å². The fourth-order valence-electron chi connectivity index (χ4n) is 2.16. The van der Waals surface area contributed by atoms with E-state index >= 15 is 0 Å². The van der Waals surface area contributed by atoms with E-state index in [0.29, 0.717) is 11.8 Å². The van der Waals surface area contributed by atoms with Gasteiger partial charge in [0.05, 0.1) is 0 Å². The summed E-state index contributed by atoms with van der Waals surface area (Å²) in [5.41, 5.74) is 2.78. The van der Waals surface area contributed by atoms with Gasteiger partial charge in [0.2, 0.25) is 0 Å². The van der Waals surface area contributed by atoms with E-state index in [2.05, 4.69) is 84.4 Å². The Labute approximate surface area is 112 Å². The standard InChI is InChI=1S/C16H17Br/c1-12(14-8-4-3-5-9-14)13(2)15-10-6-7-11-16(15)17/h3-13H,1-2H3. The van der Waals surface area contributed by atoms with E-state index in [-0.39, 0.29) is 0 Å². The molecule has 0 N–H and O–H groups in total. The molecule has 1 heteroatoms. The summed E-state index contributed by atoms with van der Waals surface area (Å²) in [6.07, 6.45) is 0. The molecule has 2 rings (SSSR count). The summed E-state index contributed by atoms with van der Waals surface area (Å²) in [6, 6.07) is 19.2. The SMILES string of the molecule is CC(c1ccccc1)C(C)c1ccccc1Br. The maximum absolute atomic E-state index is 3.64. The summed E-state index contributed by atoms with van der Waals surface area (Å²) < 4.78 is 1.20. The summed E-state index contributed by atoms with van der Waals surface area (Å²) in [4.78, 5) is 0. The van der Waals surface area contributed by atoms with Crippen LogP contribution in [0.15, 0.2) is 59.1 Å². The number of hydrogen-bond acceptors (Lipinski definition) is 0. The highest BCUT2D eigenvalue weighted by Crippen LogP contribution is 2.35. The first kappa shape index (κ1) is 12.4. The van der Waals surface area contributed by atoms with Gasteiger partial charge in [-0.15, -0.1) is 0 Å². The second kappa shape index (κ2) is 5.50. The van der Waals surface area contributed by atoms with Gasteiger partial charge in [0, 0.05) is 4.47 Å². The van der Waals surface area contributed by atoms with Crippen LogP contribution in [0.4, 0.5) is 0 Å². The molecule has 0 heterocycles. The van der Waals surface area contributed by atoms with Gasteiger partial charge >= 0.3 is 0 Å². The lowest BCUT2D eigenvalue weighted by Crippen LogP contribution is -2.05. The molecule has 17 heavy (non-hydrogen) atoms. The molecule has 0 aliphatic carbocycles. The zero-order chi connectivity index (χ0) is 12.3. The molecule has 0 aliphatic heterocycles. The van der Waals surface area contributed by atoms with Gasteiger partial charge in [-0.25, -0.2) is 0 Å². The zero-order valence-corrected chi connectivity index (χ0v) is 11.8. The Morgan fingerprint density at radius 2 is 1.35 bits per heavy atom. The van der Waals surface area contributed by atoms with Crippen LogP contribution in [0.3, 0.4) is 0 Å². The Kier molecular flexibility index (Phi) is 4.01. The van der Waals surface area contributed by atoms with Gasteiger partial charge in [-0.1, -0.05) is 78.3 Å². The van der Waals surface area contributed by atoms with E-state index in [1.807, 2.05) is 0 Å². The highest BCUT2D eigenvalue weighted by molar-refractivity contribution is 9.10. The van der Waals surface area contributed by atoms with Crippen LogP contribution in [0.1, 0.15) is 36.8 Å². The predicted molar refractivity (Wildman–Crippen MR) is 77.4 cm³/mol. The minimum Gasteiger partial charge on any atom is -0.0622 e. The van der Waals surface area contributed by atoms with E-state index in [1.165, 1.54) is 15.6 Å². The Morgan fingerprint density at radius 3 is 2.00 bits per heavy atom. The molecular weight excluding hydrogens is 272 g/mol. The molecule has 2 aromatic rings. The normalized spacial score (nSPS) is 14.3. The largest absolute Gasteiger partial charge is 0.0622 e. The first-order chi connectivity index (χ1) is 8.20. The molecular formula is C16H17Br. The molecule has 0 aliphatic rings. The van der Waals surface area contributed by atoms with Gasteiger partial charge in [-0.3, -0.25) is 0 Å². The van der Waals surface area contributed by atoms with Crippen LogP contribution >= 0.6 is 15.9 Å². The summed E-state index contributed by atoms with van der Waals surface area (Å²) >= 11 is 3.64. The molecule has 88 valence electrons. The topological polar surface area (TPSA) is 0 Å². The van der Waals surface area contributed by atoms with Gasteiger partial charge in [0.15, 0.2) is 0 Å². The molecule has 2 aromatic carbocycles. The minimum atomic E-state index is 0.507. The van der Waals surface area contributed by atoms with Crippen LogP contribution in [0.2, 0.25) is 0 Å². The molecule has 0 radical (unpaired) electrons. The summed E-state index contributed by atoms with van der Waals surface area (Å²) in [6.45, 7) is 4.58. The monoisotopic (exact) mass is 288 g/mol. The molecule has 0 amide bonds. The highest BCUT2D eigenvalue weighted by atomic mass is 79.9. The van der Waals surface area contributed by atoms with Gasteiger partial charge in [0.1, 0.15) is 0 Å². The summed E-state index contributed by atoms with van der Waals surface area (Å²) in [5, 5.41) is 0. The van der Waals surface area contributed by atoms with Crippen molar-refractivity contribution in [1.82, 2.24) is 0 Å². The van der Waals surface area contributed by atoms with Gasteiger partial charge in [0.25, 0.3) is 0 Å². The Morgan fingerprint density at radius 1 is 0.765 bits per heavy atom. The molecule has 0 fully saturated rings. The zero-order valence-electron chi connectivity index (χ0n) is 10.2. The van der Waals surface area contributed by atoms with Crippen molar-refractivity contribution in [3.63, 3.8) is 0 Å². The smallest absolute Gasteiger partial charge is 0.0210 e. The van der Waals surface area contributed by atoms with Crippen molar-refractivity contribution >= 4 is 15.9 Å². The van der Waals surface area contributed by atoms with Crippen molar-refractivity contribution in [3.05, 3.63) is 70.2 Å². The molecule has 2 atom stereocenters. The highest BCUT2D eigenvalue weighted by Gasteiger charge is 2.17. The molecule has 0 saturated carbocycles. The van der Waals surface area contributed by atoms with Crippen molar-refractivity contribution in [2.75, 3.05) is 0 Å². The summed E-state index contributed by atoms with van der Waals surface area (Å²) in [5.74, 6) is 1.03. The fourth-order valence-corrected chi connectivity index (χ4v) is 2.80. The Balaban J connectivity index is 2.27. The van der Waals surface area contributed by atoms with E-state index in [4.69, 9.17) is 0 Å². The van der Waals surface area contributed by atoms with Crippen LogP contribution in [-0.2, 0) is 0 Å². The lowest BCUT2D eigenvalue weighted by atomic mass is 9.84. The van der Waals surface area contributed by atoms with Crippen molar-refractivity contribution in [3.8, 4) is 0 Å². The Hall–Kier alpha value is -1.08. The third-order valence-electron chi connectivity index (χ3n) is 3.47. The van der Waals surface area contributed by atoms with Crippen molar-refractivity contribution in [2.24, 2.45) is 0 Å². The number of hydrogen-bond donors (Lipinski definition) is 0. The van der Waals surface area contributed by atoms with Gasteiger partial charge < -0.3 is 0 Å². The first-order valence-corrected chi connectivity index (χ1v) is 6.79. The first-order valence-electron chi connectivity index (χ1n) is 5.99. The molecule has 0 saturated heterocycles. The molecule has 0 aromatic heterocycles. The van der Waals surface area contributed by atoms with Crippen LogP contribution in [-0.4, -0.2) is 0 Å². The second-order valence-corrected chi connectivity index (χ2v) is 5.36. The van der Waals surface area contributed by atoms with Crippen molar-refractivity contribution < 1.29 is 0 Å². The number of halogens is 1. The number of benzene rings is 2. The third-order valence-corrected chi connectivity index (χ3v) is 4.19. The second-order valence-electron chi connectivity index (χ2n) is 4.51. The van der Waals surface area contributed by atoms with Crippen LogP contribution in [0, 0.1) is 0 Å². The predicted octanol–water partition coefficient (Wildman–Crippen LogP) is 5.36. The lowest BCUT2D eigenvalue weighted by molar-refractivity contribution is 0.621. The van der Waals surface area contributed by atoms with Gasteiger partial charge in [-0.05, 0) is 29.0 Å². The molecule has 2 unspecified atom stereocenters. The Bertz CT molecular complexity index is 476. The molecule has 0 nitrogen and oxygen atoms in total. The van der Waals surface area contributed by atoms with Crippen LogP contribution in [0.5, 0.6) is 0 Å². The fraction of sp³-hybridized carbons (Fsp3) is 0.250. The average Bonchev–Trinajstić information content (AvgIpc) is 2.39. The quantitative estimate of drug-likeness (QED) is 0.714. The van der Waals surface area contributed by atoms with Crippen LogP contribution < -0.4 is 0 Å². The number of rotatable bonds is 3. The average molecular weight is 289 g/mol.